The van der Waals surface area contributed by atoms with Gasteiger partial charge in [-0.1, -0.05) is 29.0 Å². The van der Waals surface area contributed by atoms with Gasteiger partial charge in [-0.2, -0.15) is 0 Å². The number of nitrogens with one attached hydrogen (secondary N) is 1. The van der Waals surface area contributed by atoms with Crippen LogP contribution in [-0.2, 0) is 4.79 Å². The Labute approximate surface area is 218 Å². The molecule has 0 saturated heterocycles. The summed E-state index contributed by atoms with van der Waals surface area (Å²) < 4.78 is 10.5. The van der Waals surface area contributed by atoms with Gasteiger partial charge in [-0.25, -0.2) is 15.0 Å². The fourth-order valence-electron chi connectivity index (χ4n) is 3.66. The molecular weight excluding hydrogens is 484 g/mol. The molecule has 3 aromatic carbocycles. The van der Waals surface area contributed by atoms with Crippen LogP contribution in [0.3, 0.4) is 0 Å². The molecule has 0 radical (unpaired) electrons. The highest BCUT2D eigenvalue weighted by molar-refractivity contribution is 7.21. The molecule has 184 valence electrons. The molecule has 0 atom stereocenters. The van der Waals surface area contributed by atoms with Crippen molar-refractivity contribution in [3.05, 3.63) is 90.1 Å². The van der Waals surface area contributed by atoms with E-state index >= 15 is 0 Å². The zero-order chi connectivity index (χ0) is 25.8. The summed E-state index contributed by atoms with van der Waals surface area (Å²) in [6.45, 7) is 2.00. The molecule has 0 bridgehead atoms. The van der Waals surface area contributed by atoms with Gasteiger partial charge in [0.1, 0.15) is 26.9 Å². The van der Waals surface area contributed by atoms with E-state index in [1.54, 1.807) is 20.3 Å². The van der Waals surface area contributed by atoms with Crippen LogP contribution in [0.1, 0.15) is 11.3 Å². The van der Waals surface area contributed by atoms with Gasteiger partial charge in [-0.3, -0.25) is 4.79 Å². The Balaban J connectivity index is 1.53. The van der Waals surface area contributed by atoms with Crippen molar-refractivity contribution in [3.63, 3.8) is 0 Å². The number of hydrogen-bond donors (Lipinski definition) is 1. The molecule has 2 aromatic heterocycles. The average molecular weight is 509 g/mol. The number of thiazole rings is 1. The van der Waals surface area contributed by atoms with Crippen LogP contribution in [0.4, 0.5) is 5.69 Å². The quantitative estimate of drug-likeness (QED) is 0.256. The van der Waals surface area contributed by atoms with Crippen LogP contribution in [0, 0.1) is 6.92 Å². The van der Waals surface area contributed by atoms with Crippen LogP contribution < -0.4 is 14.8 Å². The van der Waals surface area contributed by atoms with E-state index < -0.39 is 0 Å². The van der Waals surface area contributed by atoms with Gasteiger partial charge in [0.2, 0.25) is 5.91 Å². The summed E-state index contributed by atoms with van der Waals surface area (Å²) in [5.41, 5.74) is 4.82. The number of ether oxygens (including phenoxy) is 2. The lowest BCUT2D eigenvalue weighted by Crippen LogP contribution is -2.07. The second-order valence-corrected chi connectivity index (χ2v) is 9.23. The highest BCUT2D eigenvalue weighted by atomic mass is 32.1. The van der Waals surface area contributed by atoms with Crippen molar-refractivity contribution >= 4 is 39.4 Å². The first-order chi connectivity index (χ1) is 18.0. The van der Waals surface area contributed by atoms with E-state index in [4.69, 9.17) is 24.4 Å². The molecule has 0 saturated carbocycles. The lowest BCUT2D eigenvalue weighted by Gasteiger charge is -2.05. The van der Waals surface area contributed by atoms with Gasteiger partial charge in [-0.05, 0) is 73.7 Å². The van der Waals surface area contributed by atoms with Gasteiger partial charge in [-0.15, -0.1) is 0 Å². The van der Waals surface area contributed by atoms with Crippen LogP contribution in [0.2, 0.25) is 0 Å². The number of anilines is 1. The number of fused-ring (bicyclic) bond motifs is 1. The first-order valence-corrected chi connectivity index (χ1v) is 12.4. The fraction of sp³-hybridized carbons (Fsp3) is 0.103. The summed E-state index contributed by atoms with van der Waals surface area (Å²) in [5.74, 6) is 1.80. The molecule has 1 N–H and O–H groups in total. The number of aryl methyl sites for hydroxylation is 1. The van der Waals surface area contributed by atoms with Gasteiger partial charge in [0.15, 0.2) is 5.82 Å². The molecule has 0 unspecified atom stereocenters. The number of rotatable bonds is 7. The highest BCUT2D eigenvalue weighted by Crippen LogP contribution is 2.33. The molecule has 7 nitrogen and oxygen atoms in total. The van der Waals surface area contributed by atoms with Crippen LogP contribution in [0.15, 0.2) is 78.9 Å². The predicted octanol–water partition coefficient (Wildman–Crippen LogP) is 6.40. The summed E-state index contributed by atoms with van der Waals surface area (Å²) in [4.78, 5) is 27.7. The monoisotopic (exact) mass is 508 g/mol. The maximum Gasteiger partial charge on any atom is 0.248 e. The molecule has 0 aliphatic heterocycles. The molecule has 5 rings (SSSR count). The number of nitrogens with zero attached hydrogens (tertiary/aromatic N) is 3. The van der Waals surface area contributed by atoms with Gasteiger partial charge in [0.25, 0.3) is 0 Å². The van der Waals surface area contributed by atoms with Crippen molar-refractivity contribution in [2.45, 2.75) is 6.92 Å². The van der Waals surface area contributed by atoms with E-state index in [0.29, 0.717) is 17.0 Å². The predicted molar refractivity (Wildman–Crippen MR) is 148 cm³/mol. The minimum Gasteiger partial charge on any atom is -0.497 e. The van der Waals surface area contributed by atoms with Crippen molar-refractivity contribution in [1.82, 2.24) is 15.0 Å². The molecule has 8 heteroatoms. The zero-order valence-electron chi connectivity index (χ0n) is 20.6. The van der Waals surface area contributed by atoms with Crippen molar-refractivity contribution < 1.29 is 14.3 Å². The molecule has 0 fully saturated rings. The van der Waals surface area contributed by atoms with Crippen molar-refractivity contribution in [2.75, 3.05) is 19.5 Å². The maximum atomic E-state index is 12.6. The minimum absolute atomic E-state index is 0.257. The van der Waals surface area contributed by atoms with E-state index in [0.717, 1.165) is 43.7 Å². The van der Waals surface area contributed by atoms with E-state index in [1.807, 2.05) is 79.7 Å². The summed E-state index contributed by atoms with van der Waals surface area (Å²) in [7, 11) is 3.26. The van der Waals surface area contributed by atoms with Crippen LogP contribution in [-0.4, -0.2) is 35.1 Å². The van der Waals surface area contributed by atoms with Gasteiger partial charge in [0.05, 0.1) is 19.9 Å². The largest absolute Gasteiger partial charge is 0.497 e. The zero-order valence-corrected chi connectivity index (χ0v) is 21.4. The second-order valence-electron chi connectivity index (χ2n) is 8.25. The topological polar surface area (TPSA) is 86.2 Å². The summed E-state index contributed by atoms with van der Waals surface area (Å²) in [6, 6.07) is 22.9. The second kappa shape index (κ2) is 10.6. The number of aromatic nitrogens is 3. The number of amides is 1. The Morgan fingerprint density at radius 2 is 1.43 bits per heavy atom. The molecule has 0 aliphatic rings. The third-order valence-corrected chi connectivity index (χ3v) is 6.68. The van der Waals surface area contributed by atoms with Gasteiger partial charge >= 0.3 is 0 Å². The number of carbonyl (C=O) groups excluding carboxylic acids is 1. The fourth-order valence-corrected chi connectivity index (χ4v) is 4.61. The normalized spacial score (nSPS) is 11.1. The molecular formula is C29H24N4O3S. The van der Waals surface area contributed by atoms with Gasteiger partial charge in [0, 0.05) is 22.9 Å². The molecule has 2 heterocycles. The summed E-state index contributed by atoms with van der Waals surface area (Å²) in [5, 5.41) is 3.68. The van der Waals surface area contributed by atoms with Crippen molar-refractivity contribution in [3.8, 4) is 33.5 Å². The first-order valence-electron chi connectivity index (χ1n) is 11.6. The summed E-state index contributed by atoms with van der Waals surface area (Å²) >= 11 is 1.47. The number of carbonyl (C=O) groups is 1. The molecule has 0 aliphatic carbocycles. The van der Waals surface area contributed by atoms with Gasteiger partial charge < -0.3 is 14.8 Å². The Morgan fingerprint density at radius 1 is 0.811 bits per heavy atom. The van der Waals surface area contributed by atoms with E-state index in [9.17, 15) is 4.79 Å². The SMILES string of the molecule is COc1ccc(-c2nc(/C=C/C(=O)Nc3ccc(C)cc3)c3nc(-c4ccc(OC)cc4)sc3n2)cc1. The van der Waals surface area contributed by atoms with E-state index in [2.05, 4.69) is 5.32 Å². The molecule has 5 aromatic rings. The Bertz CT molecular complexity index is 1580. The smallest absolute Gasteiger partial charge is 0.248 e. The molecule has 37 heavy (non-hydrogen) atoms. The van der Waals surface area contributed by atoms with E-state index in [-0.39, 0.29) is 5.91 Å². The van der Waals surface area contributed by atoms with Crippen molar-refractivity contribution in [1.29, 1.82) is 0 Å². The van der Waals surface area contributed by atoms with E-state index in [1.165, 1.54) is 17.4 Å². The Hall–Kier alpha value is -4.56. The number of hydrogen-bond acceptors (Lipinski definition) is 7. The maximum absolute atomic E-state index is 12.6. The highest BCUT2D eigenvalue weighted by Gasteiger charge is 2.15. The number of methoxy groups -OCH3 is 2. The van der Waals surface area contributed by atoms with Crippen LogP contribution in [0.25, 0.3) is 38.4 Å². The standard InChI is InChI=1S/C29H24N4O3S/c1-18-4-10-21(11-5-18)30-25(34)17-16-24-26-29(33-27(31-24)19-6-12-22(35-2)13-7-19)37-28(32-26)20-8-14-23(36-3)15-9-20/h4-17H,1-3H3,(H,30,34)/b17-16+. The minimum atomic E-state index is -0.257. The Kier molecular flexibility index (Phi) is 6.91. The first kappa shape index (κ1) is 24.1. The van der Waals surface area contributed by atoms with Crippen molar-refractivity contribution in [2.24, 2.45) is 0 Å². The third kappa shape index (κ3) is 5.49. The summed E-state index contributed by atoms with van der Waals surface area (Å²) in [6.07, 6.45) is 3.14. The lowest BCUT2D eigenvalue weighted by molar-refractivity contribution is -0.111. The number of benzene rings is 3. The van der Waals surface area contributed by atoms with Crippen LogP contribution >= 0.6 is 11.3 Å². The Morgan fingerprint density at radius 3 is 2.05 bits per heavy atom. The lowest BCUT2D eigenvalue weighted by atomic mass is 10.2. The van der Waals surface area contributed by atoms with Crippen LogP contribution in [0.5, 0.6) is 11.5 Å². The molecule has 0 spiro atoms. The third-order valence-electron chi connectivity index (χ3n) is 5.68. The molecule has 1 amide bonds. The average Bonchev–Trinajstić information content (AvgIpc) is 3.37.